The van der Waals surface area contributed by atoms with Crippen LogP contribution in [0.25, 0.3) is 0 Å². The Bertz CT molecular complexity index is 209. The topological polar surface area (TPSA) is 43.8 Å². The van der Waals surface area contributed by atoms with Gasteiger partial charge < -0.3 is 10.3 Å². The Morgan fingerprint density at radius 2 is 2.08 bits per heavy atom. The summed E-state index contributed by atoms with van der Waals surface area (Å²) in [5.74, 6) is 0. The van der Waals surface area contributed by atoms with E-state index in [1.54, 1.807) is 0 Å². The molecule has 0 atom stereocenters. The van der Waals surface area contributed by atoms with Gasteiger partial charge in [-0.1, -0.05) is 13.8 Å². The maximum absolute atomic E-state index is 5.11. The minimum atomic E-state index is 0.333. The summed E-state index contributed by atoms with van der Waals surface area (Å²) in [6.07, 6.45) is 9.88. The summed E-state index contributed by atoms with van der Waals surface area (Å²) in [5.41, 5.74) is 5.11. The van der Waals surface area contributed by atoms with Gasteiger partial charge in [0.15, 0.2) is 0 Å². The summed E-state index contributed by atoms with van der Waals surface area (Å²) in [5, 5.41) is 0. The van der Waals surface area contributed by atoms with Crippen molar-refractivity contribution in [1.82, 2.24) is 9.55 Å². The van der Waals surface area contributed by atoms with Gasteiger partial charge in [-0.05, 0) is 25.3 Å². The van der Waals surface area contributed by atoms with Crippen LogP contribution in [0.2, 0.25) is 0 Å². The Labute approximate surface area is 80.0 Å². The maximum Gasteiger partial charge on any atom is 0.0948 e. The fourth-order valence-electron chi connectivity index (χ4n) is 1.17. The lowest BCUT2D eigenvalue weighted by molar-refractivity contribution is 0.313. The minimum Gasteiger partial charge on any atom is -0.334 e. The molecule has 0 unspecified atom stereocenters. The molecule has 1 aromatic heterocycles. The summed E-state index contributed by atoms with van der Waals surface area (Å²) in [6.45, 7) is 3.89. The van der Waals surface area contributed by atoms with Crippen LogP contribution < -0.4 is 5.73 Å². The van der Waals surface area contributed by atoms with Gasteiger partial charge in [0.25, 0.3) is 0 Å². The summed E-state index contributed by atoms with van der Waals surface area (Å²) < 4.78 is 2.20. The standard InChI is InChI=1S/C7H10N2.C3H9N/c1-2-7(3-1)9-5-4-8-6-9;1-3(2)4/h4-7H,1-3H2;3H,4H2,1-2H3. The number of nitrogens with zero attached hydrogens (tertiary/aromatic N) is 2. The van der Waals surface area contributed by atoms with Crippen LogP contribution in [0, 0.1) is 0 Å². The largest absolute Gasteiger partial charge is 0.334 e. The second kappa shape index (κ2) is 5.02. The molecule has 2 rings (SSSR count). The molecule has 0 radical (unpaired) electrons. The van der Waals surface area contributed by atoms with Crippen molar-refractivity contribution in [1.29, 1.82) is 0 Å². The fourth-order valence-corrected chi connectivity index (χ4v) is 1.17. The molecule has 0 amide bonds. The van der Waals surface area contributed by atoms with E-state index in [4.69, 9.17) is 5.73 Å². The minimum absolute atomic E-state index is 0.333. The van der Waals surface area contributed by atoms with Gasteiger partial charge in [0, 0.05) is 18.4 Å². The zero-order chi connectivity index (χ0) is 9.68. The lowest BCUT2D eigenvalue weighted by Gasteiger charge is -2.26. The van der Waals surface area contributed by atoms with E-state index < -0.39 is 0 Å². The molecule has 0 aromatic carbocycles. The van der Waals surface area contributed by atoms with Crippen LogP contribution in [0.4, 0.5) is 0 Å². The van der Waals surface area contributed by atoms with Gasteiger partial charge >= 0.3 is 0 Å². The number of nitrogens with two attached hydrogens (primary N) is 1. The molecule has 0 saturated heterocycles. The maximum atomic E-state index is 5.11. The Morgan fingerprint density at radius 3 is 2.38 bits per heavy atom. The fraction of sp³-hybridized carbons (Fsp3) is 0.700. The zero-order valence-corrected chi connectivity index (χ0v) is 8.48. The highest BCUT2D eigenvalue weighted by molar-refractivity contribution is 4.84. The third kappa shape index (κ3) is 3.59. The second-order valence-electron chi connectivity index (χ2n) is 3.84. The van der Waals surface area contributed by atoms with Gasteiger partial charge in [-0.15, -0.1) is 0 Å². The van der Waals surface area contributed by atoms with Crippen molar-refractivity contribution in [3.8, 4) is 0 Å². The Morgan fingerprint density at radius 1 is 1.46 bits per heavy atom. The molecule has 0 aliphatic heterocycles. The first-order valence-electron chi connectivity index (χ1n) is 4.93. The highest BCUT2D eigenvalue weighted by Crippen LogP contribution is 2.30. The van der Waals surface area contributed by atoms with E-state index in [1.807, 2.05) is 32.6 Å². The molecule has 3 heteroatoms. The molecule has 0 bridgehead atoms. The lowest BCUT2D eigenvalue weighted by Crippen LogP contribution is -2.14. The van der Waals surface area contributed by atoms with Crippen LogP contribution >= 0.6 is 0 Å². The third-order valence-corrected chi connectivity index (χ3v) is 2.02. The van der Waals surface area contributed by atoms with Gasteiger partial charge in [0.1, 0.15) is 0 Å². The van der Waals surface area contributed by atoms with E-state index in [1.165, 1.54) is 19.3 Å². The molecule has 1 saturated carbocycles. The molecule has 1 aliphatic carbocycles. The molecule has 0 spiro atoms. The van der Waals surface area contributed by atoms with Crippen LogP contribution in [0.15, 0.2) is 18.7 Å². The Balaban J connectivity index is 0.000000184. The molecular formula is C10H19N3. The lowest BCUT2D eigenvalue weighted by atomic mass is 9.93. The molecule has 1 aromatic rings. The number of aromatic nitrogens is 2. The number of imidazole rings is 1. The second-order valence-corrected chi connectivity index (χ2v) is 3.84. The highest BCUT2D eigenvalue weighted by atomic mass is 15.1. The van der Waals surface area contributed by atoms with Gasteiger partial charge in [-0.25, -0.2) is 4.98 Å². The Hall–Kier alpha value is -0.830. The van der Waals surface area contributed by atoms with Gasteiger partial charge in [-0.2, -0.15) is 0 Å². The van der Waals surface area contributed by atoms with E-state index in [2.05, 4.69) is 9.55 Å². The number of hydrogen-bond acceptors (Lipinski definition) is 2. The average Bonchev–Trinajstić information content (AvgIpc) is 2.33. The number of rotatable bonds is 1. The monoisotopic (exact) mass is 181 g/mol. The SMILES string of the molecule is CC(C)N.c1cn(C2CCC2)cn1. The van der Waals surface area contributed by atoms with E-state index in [9.17, 15) is 0 Å². The van der Waals surface area contributed by atoms with Crippen molar-refractivity contribution < 1.29 is 0 Å². The quantitative estimate of drug-likeness (QED) is 0.719. The predicted octanol–water partition coefficient (Wildman–Crippen LogP) is 1.96. The van der Waals surface area contributed by atoms with Crippen LogP contribution in [0.3, 0.4) is 0 Å². The first-order valence-corrected chi connectivity index (χ1v) is 4.93. The van der Waals surface area contributed by atoms with Gasteiger partial charge in [-0.3, -0.25) is 0 Å². The van der Waals surface area contributed by atoms with E-state index >= 15 is 0 Å². The molecule has 1 heterocycles. The van der Waals surface area contributed by atoms with Crippen molar-refractivity contribution in [2.75, 3.05) is 0 Å². The summed E-state index contributed by atoms with van der Waals surface area (Å²) in [6, 6.07) is 1.10. The molecule has 74 valence electrons. The van der Waals surface area contributed by atoms with Crippen molar-refractivity contribution in [2.45, 2.75) is 45.2 Å². The smallest absolute Gasteiger partial charge is 0.0948 e. The van der Waals surface area contributed by atoms with Crippen molar-refractivity contribution in [3.05, 3.63) is 18.7 Å². The normalized spacial score (nSPS) is 16.3. The average molecular weight is 181 g/mol. The van der Waals surface area contributed by atoms with Crippen LogP contribution in [0.5, 0.6) is 0 Å². The summed E-state index contributed by atoms with van der Waals surface area (Å²) in [4.78, 5) is 3.99. The predicted molar refractivity (Wildman–Crippen MR) is 54.4 cm³/mol. The molecule has 2 N–H and O–H groups in total. The van der Waals surface area contributed by atoms with Gasteiger partial charge in [0.2, 0.25) is 0 Å². The Kier molecular flexibility index (Phi) is 3.96. The van der Waals surface area contributed by atoms with Crippen LogP contribution in [0.1, 0.15) is 39.2 Å². The molecule has 3 nitrogen and oxygen atoms in total. The molecule has 1 fully saturated rings. The van der Waals surface area contributed by atoms with Crippen molar-refractivity contribution in [2.24, 2.45) is 5.73 Å². The van der Waals surface area contributed by atoms with E-state index in [0.717, 1.165) is 6.04 Å². The zero-order valence-electron chi connectivity index (χ0n) is 8.48. The summed E-state index contributed by atoms with van der Waals surface area (Å²) in [7, 11) is 0. The van der Waals surface area contributed by atoms with Gasteiger partial charge in [0.05, 0.1) is 6.33 Å². The number of hydrogen-bond donors (Lipinski definition) is 1. The first-order chi connectivity index (χ1) is 6.20. The summed E-state index contributed by atoms with van der Waals surface area (Å²) >= 11 is 0. The van der Waals surface area contributed by atoms with E-state index in [0.29, 0.717) is 6.04 Å². The molecular weight excluding hydrogens is 162 g/mol. The van der Waals surface area contributed by atoms with Crippen LogP contribution in [-0.4, -0.2) is 15.6 Å². The highest BCUT2D eigenvalue weighted by Gasteiger charge is 2.17. The molecule has 13 heavy (non-hydrogen) atoms. The molecule has 1 aliphatic rings. The third-order valence-electron chi connectivity index (χ3n) is 2.02. The van der Waals surface area contributed by atoms with E-state index in [-0.39, 0.29) is 0 Å². The van der Waals surface area contributed by atoms with Crippen molar-refractivity contribution in [3.63, 3.8) is 0 Å². The van der Waals surface area contributed by atoms with Crippen LogP contribution in [-0.2, 0) is 0 Å². The first kappa shape index (κ1) is 10.3. The van der Waals surface area contributed by atoms with Crippen molar-refractivity contribution >= 4 is 0 Å².